The average Bonchev–Trinajstić information content (AvgIpc) is 1.97. The Hall–Kier alpha value is 0.661. The molecule has 8 heteroatoms. The number of hydrogen-bond donors (Lipinski definition) is 0. The molecular weight excluding hydrogens is 255 g/mol. The van der Waals surface area contributed by atoms with Crippen LogP contribution in [0.5, 0.6) is 0 Å². The van der Waals surface area contributed by atoms with Crippen molar-refractivity contribution in [3.63, 3.8) is 0 Å². The average molecular weight is 259 g/mol. The number of benzene rings is 1. The fourth-order valence-corrected chi connectivity index (χ4v) is 1.88. The minimum absolute atomic E-state index is 0. The van der Waals surface area contributed by atoms with E-state index < -0.39 is 37.6 Å². The summed E-state index contributed by atoms with van der Waals surface area (Å²) in [6.07, 6.45) is 0.652. The second-order valence-corrected chi connectivity index (χ2v) is 4.63. The Bertz CT molecular complexity index is 489. The first-order valence-electron chi connectivity index (χ1n) is 3.38. The van der Waals surface area contributed by atoms with Crippen LogP contribution in [0.25, 0.3) is 0 Å². The van der Waals surface area contributed by atoms with Crippen LogP contribution in [0.4, 0.5) is 13.2 Å². The Morgan fingerprint density at radius 2 is 1.67 bits per heavy atom. The number of sulfone groups is 1. The molecule has 0 fully saturated rings. The van der Waals surface area contributed by atoms with Crippen molar-refractivity contribution in [2.75, 3.05) is 6.26 Å². The zero-order valence-electron chi connectivity index (χ0n) is 8.01. The Kier molecular flexibility index (Phi) is 5.56. The topological polar surface area (TPSA) is 34.1 Å². The third-order valence-corrected chi connectivity index (χ3v) is 2.67. The van der Waals surface area contributed by atoms with E-state index in [0.717, 1.165) is 0 Å². The first kappa shape index (κ1) is 15.7. The summed E-state index contributed by atoms with van der Waals surface area (Å²) in [6.45, 7) is 0. The molecule has 0 aliphatic heterocycles. The van der Waals surface area contributed by atoms with Crippen LogP contribution in [0.1, 0.15) is 0 Å². The predicted octanol–water partition coefficient (Wildman–Crippen LogP) is -2.69. The maximum absolute atomic E-state index is 12.9. The first-order chi connectivity index (χ1) is 6.25. The summed E-state index contributed by atoms with van der Waals surface area (Å²) in [5, 5.41) is 0. The maximum Gasteiger partial charge on any atom is 1.00 e. The van der Waals surface area contributed by atoms with Gasteiger partial charge < -0.3 is 7.85 Å². The number of halogens is 3. The molecule has 0 atom stereocenters. The van der Waals surface area contributed by atoms with E-state index in [1.54, 1.807) is 0 Å². The van der Waals surface area contributed by atoms with Crippen LogP contribution in [0, 0.1) is 17.5 Å². The van der Waals surface area contributed by atoms with Gasteiger partial charge in [-0.15, -0.1) is 0 Å². The molecule has 75 valence electrons. The molecule has 0 bridgehead atoms. The van der Waals surface area contributed by atoms with Gasteiger partial charge in [0, 0.05) is 6.26 Å². The van der Waals surface area contributed by atoms with Crippen LogP contribution in [0.3, 0.4) is 0 Å². The van der Waals surface area contributed by atoms with Crippen molar-refractivity contribution in [2.45, 2.75) is 4.90 Å². The second kappa shape index (κ2) is 5.33. The number of rotatable bonds is 1. The molecule has 0 spiro atoms. The van der Waals surface area contributed by atoms with Crippen LogP contribution >= 0.6 is 0 Å². The molecule has 3 radical (unpaired) electrons. The molecule has 0 unspecified atom stereocenters. The van der Waals surface area contributed by atoms with Gasteiger partial charge in [0.1, 0.15) is 0 Å². The predicted molar refractivity (Wildman–Crippen MR) is 44.8 cm³/mol. The van der Waals surface area contributed by atoms with Crippen LogP contribution in [0.2, 0.25) is 0 Å². The van der Waals surface area contributed by atoms with Gasteiger partial charge >= 0.3 is 51.4 Å². The maximum atomic E-state index is 12.9. The van der Waals surface area contributed by atoms with Crippen molar-refractivity contribution in [3.8, 4) is 0 Å². The molecule has 0 N–H and O–H groups in total. The van der Waals surface area contributed by atoms with Gasteiger partial charge in [0.05, 0.1) is 4.90 Å². The SMILES string of the molecule is [B-]c1cc(F)c(F)c(F)c1S(C)(=O)=O.[K+]. The standard InChI is InChI=1S/C7H4BF3O2S.K/c1-14(12,13)7-3(8)2-4(9)5(10)6(7)11;/h2H,1H3;/q-1;+1. The fourth-order valence-electron chi connectivity index (χ4n) is 0.974. The summed E-state index contributed by atoms with van der Waals surface area (Å²) >= 11 is 0. The summed E-state index contributed by atoms with van der Waals surface area (Å²) in [4.78, 5) is -1.02. The van der Waals surface area contributed by atoms with Gasteiger partial charge in [-0.1, -0.05) is 6.07 Å². The Balaban J connectivity index is 0.00000196. The second-order valence-electron chi connectivity index (χ2n) is 2.68. The number of hydrogen-bond acceptors (Lipinski definition) is 2. The molecule has 0 heterocycles. The van der Waals surface area contributed by atoms with Crippen molar-refractivity contribution in [1.29, 1.82) is 0 Å². The Labute approximate surface area is 129 Å². The molecule has 0 saturated carbocycles. The molecule has 2 nitrogen and oxygen atoms in total. The smallest absolute Gasteiger partial charge is 0.578 e. The van der Waals surface area contributed by atoms with Crippen molar-refractivity contribution >= 4 is 23.1 Å². The molecule has 0 aromatic heterocycles. The van der Waals surface area contributed by atoms with Crippen molar-refractivity contribution in [1.82, 2.24) is 0 Å². The summed E-state index contributed by atoms with van der Waals surface area (Å²) in [7, 11) is 1.04. The van der Waals surface area contributed by atoms with E-state index in [-0.39, 0.29) is 51.4 Å². The molecule has 1 aromatic rings. The molecule has 15 heavy (non-hydrogen) atoms. The van der Waals surface area contributed by atoms with Gasteiger partial charge in [-0.3, -0.25) is 5.46 Å². The Morgan fingerprint density at radius 1 is 1.20 bits per heavy atom. The van der Waals surface area contributed by atoms with Crippen molar-refractivity contribution in [3.05, 3.63) is 23.5 Å². The van der Waals surface area contributed by atoms with Crippen LogP contribution in [-0.2, 0) is 9.84 Å². The van der Waals surface area contributed by atoms with E-state index in [9.17, 15) is 21.6 Å². The van der Waals surface area contributed by atoms with Gasteiger partial charge in [-0.25, -0.2) is 21.6 Å². The van der Waals surface area contributed by atoms with Crippen LogP contribution in [-0.4, -0.2) is 22.5 Å². The Morgan fingerprint density at radius 3 is 2.07 bits per heavy atom. The van der Waals surface area contributed by atoms with Gasteiger partial charge in [0.2, 0.25) is 0 Å². The van der Waals surface area contributed by atoms with Gasteiger partial charge in [0.25, 0.3) is 0 Å². The molecular formula is C7H4BF3KO2S. The minimum atomic E-state index is -4.01. The van der Waals surface area contributed by atoms with Crippen molar-refractivity contribution in [2.24, 2.45) is 0 Å². The fraction of sp³-hybridized carbons (Fsp3) is 0.143. The third kappa shape index (κ3) is 3.31. The molecule has 0 aliphatic carbocycles. The zero-order valence-corrected chi connectivity index (χ0v) is 12.0. The van der Waals surface area contributed by atoms with Gasteiger partial charge in [0.15, 0.2) is 27.3 Å². The van der Waals surface area contributed by atoms with E-state index >= 15 is 0 Å². The summed E-state index contributed by atoms with van der Waals surface area (Å²) in [5.74, 6) is -5.16. The van der Waals surface area contributed by atoms with E-state index in [0.29, 0.717) is 12.3 Å². The van der Waals surface area contributed by atoms with Gasteiger partial charge in [-0.05, 0) is 0 Å². The third-order valence-electron chi connectivity index (χ3n) is 1.52. The van der Waals surface area contributed by atoms with Gasteiger partial charge in [-0.2, -0.15) is 0 Å². The molecule has 0 saturated heterocycles. The summed E-state index contributed by atoms with van der Waals surface area (Å²) in [5.41, 5.74) is -0.649. The molecule has 0 amide bonds. The minimum Gasteiger partial charge on any atom is -0.578 e. The monoisotopic (exact) mass is 259 g/mol. The normalized spacial score (nSPS) is 11.0. The molecule has 1 aromatic carbocycles. The molecule has 1 rings (SSSR count). The van der Waals surface area contributed by atoms with E-state index in [4.69, 9.17) is 7.85 Å². The van der Waals surface area contributed by atoms with Crippen LogP contribution in [0.15, 0.2) is 11.0 Å². The van der Waals surface area contributed by atoms with E-state index in [1.807, 2.05) is 0 Å². The first-order valence-corrected chi connectivity index (χ1v) is 5.27. The van der Waals surface area contributed by atoms with Crippen LogP contribution < -0.4 is 56.8 Å². The van der Waals surface area contributed by atoms with E-state index in [1.165, 1.54) is 0 Å². The quantitative estimate of drug-likeness (QED) is 0.312. The largest absolute Gasteiger partial charge is 1.00 e. The van der Waals surface area contributed by atoms with Crippen molar-refractivity contribution < 1.29 is 73.0 Å². The van der Waals surface area contributed by atoms with E-state index in [2.05, 4.69) is 0 Å². The molecule has 0 aliphatic rings. The summed E-state index contributed by atoms with van der Waals surface area (Å²) < 4.78 is 60.0. The zero-order chi connectivity index (χ0) is 11.1. The summed E-state index contributed by atoms with van der Waals surface area (Å²) in [6, 6.07) is 0.425.